The molecule has 0 saturated carbocycles. The molecule has 0 aromatic rings. The van der Waals surface area contributed by atoms with Gasteiger partial charge in [0.1, 0.15) is 11.4 Å². The molecule has 1 fully saturated rings. The fourth-order valence-corrected chi connectivity index (χ4v) is 6.28. The molecule has 5 nitrogen and oxygen atoms in total. The number of aliphatic carboxylic acids is 1. The summed E-state index contributed by atoms with van der Waals surface area (Å²) in [7, 11) is 0. The highest BCUT2D eigenvalue weighted by Crippen LogP contribution is 2.45. The van der Waals surface area contributed by atoms with Gasteiger partial charge in [-0.15, -0.1) is 0 Å². The Balaban J connectivity index is 2.22. The van der Waals surface area contributed by atoms with Crippen molar-refractivity contribution < 1.29 is 24.2 Å². The van der Waals surface area contributed by atoms with Crippen LogP contribution in [0.1, 0.15) is 150 Å². The van der Waals surface area contributed by atoms with Crippen LogP contribution in [0, 0.1) is 17.8 Å². The van der Waals surface area contributed by atoms with Gasteiger partial charge >= 0.3 is 11.9 Å². The number of hydrogen-bond acceptors (Lipinski definition) is 4. The first-order chi connectivity index (χ1) is 17.9. The van der Waals surface area contributed by atoms with E-state index in [2.05, 4.69) is 27.7 Å². The second-order valence-corrected chi connectivity index (χ2v) is 11.7. The molecule has 5 heteroatoms. The zero-order valence-electron chi connectivity index (χ0n) is 24.4. The SMILES string of the molecule is CCCCCCCCC(CCCCCCCC)(OC(=O)C1C=C2OC2CC1C(=O)O)C(CC)CCCC. The molecule has 0 bridgehead atoms. The van der Waals surface area contributed by atoms with Crippen molar-refractivity contribution in [2.75, 3.05) is 0 Å². The number of hydrogen-bond donors (Lipinski definition) is 1. The average Bonchev–Trinajstić information content (AvgIpc) is 3.66. The van der Waals surface area contributed by atoms with E-state index in [1.165, 1.54) is 64.2 Å². The van der Waals surface area contributed by atoms with Crippen LogP contribution in [0.2, 0.25) is 0 Å². The molecule has 2 aliphatic rings. The van der Waals surface area contributed by atoms with E-state index >= 15 is 0 Å². The molecule has 1 N–H and O–H groups in total. The van der Waals surface area contributed by atoms with Crippen LogP contribution >= 0.6 is 0 Å². The molecule has 2 rings (SSSR count). The van der Waals surface area contributed by atoms with Gasteiger partial charge in [-0.2, -0.15) is 0 Å². The highest BCUT2D eigenvalue weighted by atomic mass is 16.6. The predicted molar refractivity (Wildman–Crippen MR) is 150 cm³/mol. The number of carbonyl (C=O) groups excluding carboxylic acids is 1. The van der Waals surface area contributed by atoms with Gasteiger partial charge in [0.2, 0.25) is 0 Å². The molecule has 37 heavy (non-hydrogen) atoms. The number of esters is 1. The summed E-state index contributed by atoms with van der Waals surface area (Å²) in [5, 5.41) is 9.86. The van der Waals surface area contributed by atoms with Gasteiger partial charge < -0.3 is 14.6 Å². The fourth-order valence-electron chi connectivity index (χ4n) is 6.28. The number of fused-ring (bicyclic) bond motifs is 1. The molecule has 1 aliphatic heterocycles. The van der Waals surface area contributed by atoms with Gasteiger partial charge in [0.05, 0.1) is 11.8 Å². The van der Waals surface area contributed by atoms with E-state index in [-0.39, 0.29) is 12.1 Å². The monoisotopic (exact) mass is 520 g/mol. The summed E-state index contributed by atoms with van der Waals surface area (Å²) < 4.78 is 12.1. The molecule has 0 aromatic carbocycles. The zero-order valence-corrected chi connectivity index (χ0v) is 24.4. The largest absolute Gasteiger partial charge is 0.483 e. The van der Waals surface area contributed by atoms with Crippen molar-refractivity contribution in [2.45, 2.75) is 161 Å². The highest BCUT2D eigenvalue weighted by molar-refractivity contribution is 5.84. The van der Waals surface area contributed by atoms with Crippen molar-refractivity contribution in [1.82, 2.24) is 0 Å². The van der Waals surface area contributed by atoms with Crippen molar-refractivity contribution >= 4 is 11.9 Å². The van der Waals surface area contributed by atoms with Crippen molar-refractivity contribution in [3.63, 3.8) is 0 Å². The van der Waals surface area contributed by atoms with Gasteiger partial charge in [0.25, 0.3) is 0 Å². The van der Waals surface area contributed by atoms with Crippen LogP contribution in [0.15, 0.2) is 11.8 Å². The van der Waals surface area contributed by atoms with Crippen molar-refractivity contribution in [3.05, 3.63) is 11.8 Å². The van der Waals surface area contributed by atoms with E-state index in [0.29, 0.717) is 12.3 Å². The molecule has 1 aliphatic carbocycles. The maximum Gasteiger partial charge on any atom is 0.314 e. The number of carboxylic acids is 1. The topological polar surface area (TPSA) is 76.1 Å². The molecule has 0 amide bonds. The maximum atomic E-state index is 13.7. The Hall–Kier alpha value is -1.52. The normalized spacial score (nSPS) is 21.5. The lowest BCUT2D eigenvalue weighted by Gasteiger charge is -2.42. The Labute approximate surface area is 227 Å². The summed E-state index contributed by atoms with van der Waals surface area (Å²) in [6.07, 6.45) is 22.6. The third-order valence-electron chi connectivity index (χ3n) is 8.73. The van der Waals surface area contributed by atoms with Gasteiger partial charge in [0, 0.05) is 6.42 Å². The summed E-state index contributed by atoms with van der Waals surface area (Å²) in [4.78, 5) is 25.8. The summed E-state index contributed by atoms with van der Waals surface area (Å²) in [6.45, 7) is 8.94. The van der Waals surface area contributed by atoms with Crippen molar-refractivity contribution in [1.29, 1.82) is 0 Å². The first-order valence-corrected chi connectivity index (χ1v) is 15.8. The average molecular weight is 521 g/mol. The number of unbranched alkanes of at least 4 members (excludes halogenated alkanes) is 11. The summed E-state index contributed by atoms with van der Waals surface area (Å²) in [5.41, 5.74) is -0.501. The Bertz CT molecular complexity index is 683. The molecule has 0 aromatic heterocycles. The van der Waals surface area contributed by atoms with Gasteiger partial charge in [-0.25, -0.2) is 0 Å². The number of ether oxygens (including phenoxy) is 2. The minimum atomic E-state index is -0.928. The third kappa shape index (κ3) is 10.3. The van der Waals surface area contributed by atoms with Crippen LogP contribution in [0.5, 0.6) is 0 Å². The molecule has 0 spiro atoms. The Morgan fingerprint density at radius 1 is 0.892 bits per heavy atom. The van der Waals surface area contributed by atoms with Gasteiger partial charge in [0.15, 0.2) is 6.10 Å². The zero-order chi connectivity index (χ0) is 27.1. The lowest BCUT2D eigenvalue weighted by Crippen LogP contribution is -2.45. The van der Waals surface area contributed by atoms with E-state index in [1.807, 2.05) is 0 Å². The van der Waals surface area contributed by atoms with E-state index in [9.17, 15) is 14.7 Å². The van der Waals surface area contributed by atoms with Crippen molar-refractivity contribution in [3.8, 4) is 0 Å². The van der Waals surface area contributed by atoms with Gasteiger partial charge in [-0.05, 0) is 50.5 Å². The first-order valence-electron chi connectivity index (χ1n) is 15.8. The van der Waals surface area contributed by atoms with E-state index < -0.39 is 23.4 Å². The Morgan fingerprint density at radius 3 is 1.95 bits per heavy atom. The third-order valence-corrected chi connectivity index (χ3v) is 8.73. The molecule has 1 heterocycles. The molecule has 4 atom stereocenters. The summed E-state index contributed by atoms with van der Waals surface area (Å²) >= 11 is 0. The lowest BCUT2D eigenvalue weighted by molar-refractivity contribution is -0.178. The Morgan fingerprint density at radius 2 is 1.43 bits per heavy atom. The lowest BCUT2D eigenvalue weighted by atomic mass is 9.74. The van der Waals surface area contributed by atoms with E-state index in [0.717, 1.165) is 57.1 Å². The van der Waals surface area contributed by atoms with Gasteiger partial charge in [-0.1, -0.05) is 105 Å². The predicted octanol–water partition coefficient (Wildman–Crippen LogP) is 8.99. The quantitative estimate of drug-likeness (QED) is 0.0875. The van der Waals surface area contributed by atoms with E-state index in [4.69, 9.17) is 9.47 Å². The minimum Gasteiger partial charge on any atom is -0.483 e. The van der Waals surface area contributed by atoms with Gasteiger partial charge in [-0.3, -0.25) is 9.59 Å². The molecular weight excluding hydrogens is 464 g/mol. The number of rotatable bonds is 22. The maximum absolute atomic E-state index is 13.7. The highest BCUT2D eigenvalue weighted by Gasteiger charge is 2.50. The fraction of sp³-hybridized carbons (Fsp3) is 0.875. The molecule has 0 radical (unpaired) electrons. The number of epoxide rings is 1. The molecule has 1 saturated heterocycles. The second-order valence-electron chi connectivity index (χ2n) is 11.7. The van der Waals surface area contributed by atoms with Crippen LogP contribution in [0.3, 0.4) is 0 Å². The summed E-state index contributed by atoms with van der Waals surface area (Å²) in [6, 6.07) is 0. The number of carboxylic acid groups (broad SMARTS) is 1. The molecular formula is C32H56O5. The molecule has 214 valence electrons. The van der Waals surface area contributed by atoms with Crippen molar-refractivity contribution in [2.24, 2.45) is 17.8 Å². The van der Waals surface area contributed by atoms with Crippen LogP contribution in [-0.4, -0.2) is 28.8 Å². The van der Waals surface area contributed by atoms with E-state index in [1.54, 1.807) is 6.08 Å². The summed E-state index contributed by atoms with van der Waals surface area (Å²) in [5.74, 6) is -1.70. The van der Waals surface area contributed by atoms with Crippen LogP contribution in [0.25, 0.3) is 0 Å². The van der Waals surface area contributed by atoms with Crippen LogP contribution in [0.4, 0.5) is 0 Å². The minimum absolute atomic E-state index is 0.117. The van der Waals surface area contributed by atoms with Crippen LogP contribution < -0.4 is 0 Å². The first kappa shape index (κ1) is 31.7. The Kier molecular flexibility index (Phi) is 14.7. The second kappa shape index (κ2) is 17.1. The van der Waals surface area contributed by atoms with Crippen LogP contribution in [-0.2, 0) is 19.1 Å². The molecule has 4 unspecified atom stereocenters. The standard InChI is InChI=1S/C32H56O5/c1-5-9-12-14-16-18-21-32(25(8-4)20-11-7-3,22-19-17-15-13-10-6-2)37-31(35)27-24-29-28(36-29)23-26(27)30(33)34/h24-28H,5-23H2,1-4H3,(H,33,34). The number of carbonyl (C=O) groups is 2. The smallest absolute Gasteiger partial charge is 0.314 e.